The van der Waals surface area contributed by atoms with E-state index < -0.39 is 23.2 Å². The van der Waals surface area contributed by atoms with E-state index in [-0.39, 0.29) is 5.92 Å². The molecule has 0 radical (unpaired) electrons. The molecule has 28 heavy (non-hydrogen) atoms. The van der Waals surface area contributed by atoms with Gasteiger partial charge in [-0.3, -0.25) is 0 Å². The van der Waals surface area contributed by atoms with Gasteiger partial charge in [-0.05, 0) is 69.7 Å². The first kappa shape index (κ1) is 20.4. The highest BCUT2D eigenvalue weighted by atomic mass is 19.1. The molecule has 3 nitrogen and oxygen atoms in total. The van der Waals surface area contributed by atoms with Crippen LogP contribution in [-0.2, 0) is 16.1 Å². The Bertz CT molecular complexity index is 804. The number of hydrogen-bond acceptors (Lipinski definition) is 3. The number of halogens is 1. The average Bonchev–Trinajstić information content (AvgIpc) is 3.44. The smallest absolute Gasteiger partial charge is 0.344 e. The molecule has 1 saturated carbocycles. The molecule has 1 aliphatic rings. The monoisotopic (exact) mass is 384 g/mol. The summed E-state index contributed by atoms with van der Waals surface area (Å²) in [6.07, 6.45) is 1.84. The fraction of sp³-hybridized carbons (Fsp3) is 0.458. The Morgan fingerprint density at radius 1 is 1.07 bits per heavy atom. The standard InChI is InChI=1S/C24H29FO3/c1-23(2,3)28-22(26)24(4,25)21(18-13-14-18)19-11-8-12-20(15-19)27-16-17-9-6-5-7-10-17/h5-12,15,18,21H,13-14,16H2,1-4H3. The van der Waals surface area contributed by atoms with Gasteiger partial charge in [0.05, 0.1) is 0 Å². The largest absolute Gasteiger partial charge is 0.489 e. The first-order valence-electron chi connectivity index (χ1n) is 9.86. The van der Waals surface area contributed by atoms with Crippen LogP contribution in [0.2, 0.25) is 0 Å². The summed E-state index contributed by atoms with van der Waals surface area (Å²) in [6.45, 7) is 7.06. The number of benzene rings is 2. The average molecular weight is 384 g/mol. The lowest BCUT2D eigenvalue weighted by Crippen LogP contribution is -2.43. The second kappa shape index (κ2) is 7.94. The molecule has 0 N–H and O–H groups in total. The molecule has 2 aromatic rings. The van der Waals surface area contributed by atoms with Crippen LogP contribution in [0.3, 0.4) is 0 Å². The van der Waals surface area contributed by atoms with E-state index in [1.54, 1.807) is 20.8 Å². The number of ether oxygens (including phenoxy) is 2. The first-order valence-corrected chi connectivity index (χ1v) is 9.86. The number of rotatable bonds is 7. The molecule has 1 aliphatic carbocycles. The summed E-state index contributed by atoms with van der Waals surface area (Å²) in [5, 5.41) is 0. The van der Waals surface area contributed by atoms with Gasteiger partial charge in [-0.1, -0.05) is 42.5 Å². The van der Waals surface area contributed by atoms with Crippen molar-refractivity contribution in [3.63, 3.8) is 0 Å². The maximum Gasteiger partial charge on any atom is 0.344 e. The lowest BCUT2D eigenvalue weighted by atomic mass is 9.80. The van der Waals surface area contributed by atoms with E-state index in [0.29, 0.717) is 12.4 Å². The van der Waals surface area contributed by atoms with Crippen molar-refractivity contribution >= 4 is 5.97 Å². The van der Waals surface area contributed by atoms with Crippen LogP contribution in [0, 0.1) is 5.92 Å². The van der Waals surface area contributed by atoms with E-state index >= 15 is 4.39 Å². The minimum Gasteiger partial charge on any atom is -0.489 e. The minimum absolute atomic E-state index is 0.145. The first-order chi connectivity index (χ1) is 13.2. The third kappa shape index (κ3) is 5.12. The predicted octanol–water partition coefficient (Wildman–Crippen LogP) is 5.83. The molecule has 0 aliphatic heterocycles. The van der Waals surface area contributed by atoms with Gasteiger partial charge in [0.2, 0.25) is 5.67 Å². The van der Waals surface area contributed by atoms with Crippen molar-refractivity contribution in [1.29, 1.82) is 0 Å². The Hall–Kier alpha value is -2.36. The summed E-state index contributed by atoms with van der Waals surface area (Å²) in [5.41, 5.74) is -0.967. The van der Waals surface area contributed by atoms with Gasteiger partial charge in [-0.25, -0.2) is 9.18 Å². The predicted molar refractivity (Wildman–Crippen MR) is 108 cm³/mol. The third-order valence-corrected chi connectivity index (χ3v) is 4.94. The Kier molecular flexibility index (Phi) is 5.78. The molecular formula is C24H29FO3. The summed E-state index contributed by atoms with van der Waals surface area (Å²) in [6, 6.07) is 17.3. The molecule has 2 unspecified atom stereocenters. The number of alkyl halides is 1. The van der Waals surface area contributed by atoms with E-state index in [1.807, 2.05) is 54.6 Å². The Morgan fingerprint density at radius 2 is 1.75 bits per heavy atom. The SMILES string of the molecule is CC(C)(C)OC(=O)C(C)(F)C(c1cccc(OCc2ccccc2)c1)C1CC1. The van der Waals surface area contributed by atoms with Gasteiger partial charge >= 0.3 is 5.97 Å². The van der Waals surface area contributed by atoms with Gasteiger partial charge in [-0.2, -0.15) is 0 Å². The zero-order valence-electron chi connectivity index (χ0n) is 17.1. The number of hydrogen-bond donors (Lipinski definition) is 0. The van der Waals surface area contributed by atoms with Crippen molar-refractivity contribution in [2.45, 2.75) is 64.3 Å². The zero-order valence-corrected chi connectivity index (χ0v) is 17.1. The van der Waals surface area contributed by atoms with E-state index in [1.165, 1.54) is 6.92 Å². The van der Waals surface area contributed by atoms with Crippen molar-refractivity contribution in [1.82, 2.24) is 0 Å². The minimum atomic E-state index is -2.09. The van der Waals surface area contributed by atoms with Crippen molar-refractivity contribution in [3.8, 4) is 5.75 Å². The Balaban J connectivity index is 1.79. The van der Waals surface area contributed by atoms with Crippen molar-refractivity contribution in [3.05, 3.63) is 65.7 Å². The molecule has 0 aromatic heterocycles. The van der Waals surface area contributed by atoms with Crippen LogP contribution < -0.4 is 4.74 Å². The normalized spacial score (nSPS) is 17.5. The van der Waals surface area contributed by atoms with Gasteiger partial charge in [0, 0.05) is 5.92 Å². The molecule has 2 aromatic carbocycles. The molecule has 0 saturated heterocycles. The van der Waals surface area contributed by atoms with Gasteiger partial charge in [-0.15, -0.1) is 0 Å². The van der Waals surface area contributed by atoms with Crippen molar-refractivity contribution in [2.75, 3.05) is 0 Å². The number of esters is 1. The molecule has 0 amide bonds. The lowest BCUT2D eigenvalue weighted by Gasteiger charge is -2.32. The highest BCUT2D eigenvalue weighted by Crippen LogP contribution is 2.50. The second-order valence-electron chi connectivity index (χ2n) is 8.74. The van der Waals surface area contributed by atoms with Gasteiger partial charge in [0.1, 0.15) is 18.0 Å². The zero-order chi connectivity index (χ0) is 20.4. The van der Waals surface area contributed by atoms with Gasteiger partial charge < -0.3 is 9.47 Å². The fourth-order valence-electron chi connectivity index (χ4n) is 3.50. The van der Waals surface area contributed by atoms with E-state index in [4.69, 9.17) is 9.47 Å². The topological polar surface area (TPSA) is 35.5 Å². The summed E-state index contributed by atoms with van der Waals surface area (Å²) in [4.78, 5) is 12.6. The molecule has 4 heteroatoms. The molecule has 0 heterocycles. The summed E-state index contributed by atoms with van der Waals surface area (Å²) >= 11 is 0. The highest BCUT2D eigenvalue weighted by molar-refractivity contribution is 5.81. The quantitative estimate of drug-likeness (QED) is 0.564. The summed E-state index contributed by atoms with van der Waals surface area (Å²) in [5.74, 6) is -0.519. The van der Waals surface area contributed by atoms with Crippen LogP contribution in [0.25, 0.3) is 0 Å². The van der Waals surface area contributed by atoms with Crippen molar-refractivity contribution in [2.24, 2.45) is 5.92 Å². The van der Waals surface area contributed by atoms with Crippen LogP contribution in [0.4, 0.5) is 4.39 Å². The molecular weight excluding hydrogens is 355 g/mol. The fourth-order valence-corrected chi connectivity index (χ4v) is 3.50. The van der Waals surface area contributed by atoms with Crippen LogP contribution in [0.1, 0.15) is 57.6 Å². The van der Waals surface area contributed by atoms with Crippen LogP contribution in [0.15, 0.2) is 54.6 Å². The van der Waals surface area contributed by atoms with Crippen LogP contribution >= 0.6 is 0 Å². The molecule has 1 fully saturated rings. The Labute approximate surface area is 166 Å². The summed E-state index contributed by atoms with van der Waals surface area (Å²) < 4.78 is 27.0. The second-order valence-corrected chi connectivity index (χ2v) is 8.74. The number of carbonyl (C=O) groups excluding carboxylic acids is 1. The maximum absolute atomic E-state index is 15.7. The van der Waals surface area contributed by atoms with Gasteiger partial charge in [0.25, 0.3) is 0 Å². The number of carbonyl (C=O) groups is 1. The van der Waals surface area contributed by atoms with Crippen LogP contribution in [-0.4, -0.2) is 17.2 Å². The van der Waals surface area contributed by atoms with E-state index in [0.717, 1.165) is 24.0 Å². The highest BCUT2D eigenvalue weighted by Gasteiger charge is 2.51. The molecule has 2 atom stereocenters. The molecule has 0 bridgehead atoms. The summed E-state index contributed by atoms with van der Waals surface area (Å²) in [7, 11) is 0. The Morgan fingerprint density at radius 3 is 2.36 bits per heavy atom. The van der Waals surface area contributed by atoms with E-state index in [9.17, 15) is 4.79 Å². The lowest BCUT2D eigenvalue weighted by molar-refractivity contribution is -0.170. The van der Waals surface area contributed by atoms with Gasteiger partial charge in [0.15, 0.2) is 0 Å². The van der Waals surface area contributed by atoms with Crippen LogP contribution in [0.5, 0.6) is 5.75 Å². The van der Waals surface area contributed by atoms with E-state index in [2.05, 4.69) is 0 Å². The molecule has 0 spiro atoms. The maximum atomic E-state index is 15.7. The third-order valence-electron chi connectivity index (χ3n) is 4.94. The van der Waals surface area contributed by atoms with Crippen molar-refractivity contribution < 1.29 is 18.7 Å². The molecule has 3 rings (SSSR count). The molecule has 150 valence electrons.